The van der Waals surface area contributed by atoms with E-state index in [0.29, 0.717) is 23.1 Å². The standard InChI is InChI=1S/C23H28N2O3S/c26-21(25-12-5-2-6-13-25)16-28-19-14-20(18-10-3-1-4-11-18)29-22(19)23(27)24-15-17-8-7-9-17/h1,3-4,10-11,14,17H,2,5-9,12-13,15-16H2,(H,24,27). The first-order valence-corrected chi connectivity index (χ1v) is 11.4. The summed E-state index contributed by atoms with van der Waals surface area (Å²) >= 11 is 1.42. The first-order chi connectivity index (χ1) is 14.2. The number of ether oxygens (including phenoxy) is 1. The molecule has 1 aromatic carbocycles. The van der Waals surface area contributed by atoms with E-state index < -0.39 is 0 Å². The summed E-state index contributed by atoms with van der Waals surface area (Å²) in [6.07, 6.45) is 6.92. The van der Waals surface area contributed by atoms with Crippen molar-refractivity contribution in [3.63, 3.8) is 0 Å². The SMILES string of the molecule is O=C(NCC1CCC1)c1sc(-c2ccccc2)cc1OCC(=O)N1CCCCC1. The van der Waals surface area contributed by atoms with E-state index in [2.05, 4.69) is 5.32 Å². The lowest BCUT2D eigenvalue weighted by Crippen LogP contribution is -2.38. The van der Waals surface area contributed by atoms with Crippen molar-refractivity contribution < 1.29 is 14.3 Å². The van der Waals surface area contributed by atoms with Crippen molar-refractivity contribution in [3.05, 3.63) is 41.3 Å². The Morgan fingerprint density at radius 1 is 1.07 bits per heavy atom. The van der Waals surface area contributed by atoms with Gasteiger partial charge < -0.3 is 15.0 Å². The molecule has 1 saturated heterocycles. The quantitative estimate of drug-likeness (QED) is 0.736. The van der Waals surface area contributed by atoms with Crippen molar-refractivity contribution in [1.29, 1.82) is 0 Å². The summed E-state index contributed by atoms with van der Waals surface area (Å²) in [7, 11) is 0. The van der Waals surface area contributed by atoms with Gasteiger partial charge in [-0.3, -0.25) is 9.59 Å². The van der Waals surface area contributed by atoms with Gasteiger partial charge in [0.15, 0.2) is 6.61 Å². The van der Waals surface area contributed by atoms with Gasteiger partial charge in [0.2, 0.25) is 0 Å². The molecule has 2 aromatic rings. The summed E-state index contributed by atoms with van der Waals surface area (Å²) in [5.74, 6) is 0.991. The van der Waals surface area contributed by atoms with Crippen LogP contribution in [0.5, 0.6) is 5.75 Å². The summed E-state index contributed by atoms with van der Waals surface area (Å²) in [5.41, 5.74) is 1.04. The maximum absolute atomic E-state index is 12.8. The zero-order valence-corrected chi connectivity index (χ0v) is 17.5. The zero-order chi connectivity index (χ0) is 20.1. The van der Waals surface area contributed by atoms with Crippen LogP contribution in [0.1, 0.15) is 48.2 Å². The van der Waals surface area contributed by atoms with E-state index in [1.54, 1.807) is 0 Å². The molecule has 2 amide bonds. The number of carbonyl (C=O) groups excluding carboxylic acids is 2. The fourth-order valence-electron chi connectivity index (χ4n) is 3.77. The molecule has 29 heavy (non-hydrogen) atoms. The molecule has 5 nitrogen and oxygen atoms in total. The Morgan fingerprint density at radius 3 is 2.52 bits per heavy atom. The van der Waals surface area contributed by atoms with Crippen LogP contribution in [0, 0.1) is 5.92 Å². The molecule has 0 unspecified atom stereocenters. The Kier molecular flexibility index (Phi) is 6.49. The lowest BCUT2D eigenvalue weighted by atomic mass is 9.85. The number of amides is 2. The van der Waals surface area contributed by atoms with Gasteiger partial charge in [-0.15, -0.1) is 11.3 Å². The molecule has 0 radical (unpaired) electrons. The predicted molar refractivity (Wildman–Crippen MR) is 115 cm³/mol. The summed E-state index contributed by atoms with van der Waals surface area (Å²) in [5, 5.41) is 3.05. The Bertz CT molecular complexity index is 839. The van der Waals surface area contributed by atoms with E-state index in [4.69, 9.17) is 4.74 Å². The molecule has 0 bridgehead atoms. The molecule has 6 heteroatoms. The highest BCUT2D eigenvalue weighted by Gasteiger charge is 2.23. The molecule has 2 heterocycles. The smallest absolute Gasteiger partial charge is 0.265 e. The first-order valence-electron chi connectivity index (χ1n) is 10.6. The Hall–Kier alpha value is -2.34. The van der Waals surface area contributed by atoms with Crippen LogP contribution in [0.25, 0.3) is 10.4 Å². The third-order valence-electron chi connectivity index (χ3n) is 5.80. The van der Waals surface area contributed by atoms with Crippen molar-refractivity contribution in [2.24, 2.45) is 5.92 Å². The largest absolute Gasteiger partial charge is 0.482 e. The maximum atomic E-state index is 12.8. The second-order valence-electron chi connectivity index (χ2n) is 7.91. The number of nitrogens with one attached hydrogen (secondary N) is 1. The number of carbonyl (C=O) groups is 2. The average Bonchev–Trinajstić information content (AvgIpc) is 3.16. The van der Waals surface area contributed by atoms with Crippen LogP contribution in [-0.2, 0) is 4.79 Å². The number of hydrogen-bond acceptors (Lipinski definition) is 4. The molecule has 154 valence electrons. The van der Waals surface area contributed by atoms with Crippen LogP contribution >= 0.6 is 11.3 Å². The lowest BCUT2D eigenvalue weighted by Gasteiger charge is -2.26. The minimum absolute atomic E-state index is 0.00186. The Labute approximate surface area is 176 Å². The van der Waals surface area contributed by atoms with Crippen molar-refractivity contribution >= 4 is 23.2 Å². The van der Waals surface area contributed by atoms with Crippen molar-refractivity contribution in [3.8, 4) is 16.2 Å². The third kappa shape index (κ3) is 4.99. The molecule has 1 aliphatic carbocycles. The van der Waals surface area contributed by atoms with Crippen LogP contribution in [0.4, 0.5) is 0 Å². The maximum Gasteiger partial charge on any atom is 0.265 e. The number of thiophene rings is 1. The minimum atomic E-state index is -0.107. The number of piperidine rings is 1. The molecule has 1 aromatic heterocycles. The van der Waals surface area contributed by atoms with Crippen molar-refractivity contribution in [2.75, 3.05) is 26.2 Å². The van der Waals surface area contributed by atoms with Gasteiger partial charge in [0.05, 0.1) is 0 Å². The molecule has 1 N–H and O–H groups in total. The van der Waals surface area contributed by atoms with E-state index in [1.807, 2.05) is 41.3 Å². The van der Waals surface area contributed by atoms with Gasteiger partial charge in [0.1, 0.15) is 10.6 Å². The highest BCUT2D eigenvalue weighted by Crippen LogP contribution is 2.36. The molecule has 1 aliphatic heterocycles. The van der Waals surface area contributed by atoms with E-state index in [0.717, 1.165) is 36.4 Å². The van der Waals surface area contributed by atoms with Gasteiger partial charge in [0, 0.05) is 24.5 Å². The zero-order valence-electron chi connectivity index (χ0n) is 16.7. The fourth-order valence-corrected chi connectivity index (χ4v) is 4.80. The summed E-state index contributed by atoms with van der Waals surface area (Å²) in [4.78, 5) is 28.7. The molecule has 2 fully saturated rings. The fraction of sp³-hybridized carbons (Fsp3) is 0.478. The van der Waals surface area contributed by atoms with Gasteiger partial charge in [-0.2, -0.15) is 0 Å². The molecule has 0 spiro atoms. The van der Waals surface area contributed by atoms with Crippen LogP contribution in [-0.4, -0.2) is 43.0 Å². The van der Waals surface area contributed by atoms with Gasteiger partial charge in [-0.25, -0.2) is 0 Å². The molecule has 1 saturated carbocycles. The first kappa shape index (κ1) is 20.0. The normalized spacial score (nSPS) is 16.9. The number of likely N-dealkylation sites (tertiary alicyclic amines) is 1. The monoisotopic (exact) mass is 412 g/mol. The minimum Gasteiger partial charge on any atom is -0.482 e. The van der Waals surface area contributed by atoms with Crippen molar-refractivity contribution in [2.45, 2.75) is 38.5 Å². The van der Waals surface area contributed by atoms with E-state index in [9.17, 15) is 9.59 Å². The van der Waals surface area contributed by atoms with Crippen LogP contribution in [0.15, 0.2) is 36.4 Å². The Balaban J connectivity index is 1.47. The number of hydrogen-bond donors (Lipinski definition) is 1. The number of rotatable bonds is 7. The average molecular weight is 413 g/mol. The van der Waals surface area contributed by atoms with E-state index in [-0.39, 0.29) is 18.4 Å². The van der Waals surface area contributed by atoms with Crippen LogP contribution in [0.3, 0.4) is 0 Å². The third-order valence-corrected chi connectivity index (χ3v) is 6.96. The second kappa shape index (κ2) is 9.44. The van der Waals surface area contributed by atoms with E-state index >= 15 is 0 Å². The van der Waals surface area contributed by atoms with Gasteiger partial charge in [-0.1, -0.05) is 36.8 Å². The number of nitrogens with zero attached hydrogens (tertiary/aromatic N) is 1. The van der Waals surface area contributed by atoms with Crippen molar-refractivity contribution in [1.82, 2.24) is 10.2 Å². The molecule has 2 aliphatic rings. The molecule has 0 atom stereocenters. The summed E-state index contributed by atoms with van der Waals surface area (Å²) in [6, 6.07) is 11.9. The lowest BCUT2D eigenvalue weighted by molar-refractivity contribution is -0.134. The Morgan fingerprint density at radius 2 is 1.83 bits per heavy atom. The van der Waals surface area contributed by atoms with Gasteiger partial charge in [-0.05, 0) is 49.7 Å². The van der Waals surface area contributed by atoms with Gasteiger partial charge in [0.25, 0.3) is 11.8 Å². The molecular formula is C23H28N2O3S. The second-order valence-corrected chi connectivity index (χ2v) is 8.96. The summed E-state index contributed by atoms with van der Waals surface area (Å²) < 4.78 is 5.88. The summed E-state index contributed by atoms with van der Waals surface area (Å²) in [6.45, 7) is 2.29. The highest BCUT2D eigenvalue weighted by atomic mass is 32.1. The topological polar surface area (TPSA) is 58.6 Å². The van der Waals surface area contributed by atoms with Gasteiger partial charge >= 0.3 is 0 Å². The van der Waals surface area contributed by atoms with E-state index in [1.165, 1.54) is 37.0 Å². The molecule has 4 rings (SSSR count). The molecular weight excluding hydrogens is 384 g/mol. The predicted octanol–water partition coefficient (Wildman–Crippen LogP) is 4.34. The highest BCUT2D eigenvalue weighted by molar-refractivity contribution is 7.17. The number of benzene rings is 1. The van der Waals surface area contributed by atoms with Crippen LogP contribution < -0.4 is 10.1 Å². The van der Waals surface area contributed by atoms with Crippen LogP contribution in [0.2, 0.25) is 0 Å².